The monoisotopic (exact) mass is 277 g/mol. The second kappa shape index (κ2) is 5.10. The summed E-state index contributed by atoms with van der Waals surface area (Å²) in [5.41, 5.74) is 4.47. The third kappa shape index (κ3) is 2.11. The van der Waals surface area contributed by atoms with Crippen LogP contribution in [0, 0.1) is 0 Å². The summed E-state index contributed by atoms with van der Waals surface area (Å²) < 4.78 is 0. The first-order valence-electron chi connectivity index (χ1n) is 7.07. The van der Waals surface area contributed by atoms with Crippen LogP contribution < -0.4 is 5.32 Å². The highest BCUT2D eigenvalue weighted by molar-refractivity contribution is 6.00. The number of fused-ring (bicyclic) bond motifs is 1. The maximum absolute atomic E-state index is 4.38. The molecule has 0 spiro atoms. The lowest BCUT2D eigenvalue weighted by Gasteiger charge is -2.15. The zero-order valence-electron chi connectivity index (χ0n) is 11.5. The Morgan fingerprint density at radius 3 is 2.90 bits per heavy atom. The molecule has 0 radical (unpaired) electrons. The van der Waals surface area contributed by atoms with Crippen molar-refractivity contribution < 1.29 is 0 Å². The second-order valence-electron chi connectivity index (χ2n) is 5.13. The summed E-state index contributed by atoms with van der Waals surface area (Å²) in [4.78, 5) is 0. The van der Waals surface area contributed by atoms with Gasteiger partial charge >= 0.3 is 0 Å². The number of aromatic amines is 1. The van der Waals surface area contributed by atoms with Crippen molar-refractivity contribution in [1.29, 1.82) is 0 Å². The molecule has 0 amide bonds. The van der Waals surface area contributed by atoms with Crippen LogP contribution in [0.25, 0.3) is 27.5 Å². The fourth-order valence-electron chi connectivity index (χ4n) is 2.83. The molecule has 0 aliphatic carbocycles. The van der Waals surface area contributed by atoms with Gasteiger partial charge in [0.2, 0.25) is 0 Å². The largest absolute Gasteiger partial charge is 0.313 e. The summed E-state index contributed by atoms with van der Waals surface area (Å²) in [6.07, 6.45) is 8.77. The van der Waals surface area contributed by atoms with Gasteiger partial charge in [0.05, 0.1) is 18.1 Å². The van der Waals surface area contributed by atoms with Crippen molar-refractivity contribution in [3.8, 4) is 11.1 Å². The molecular formula is C16H15N5. The number of rotatable bonds is 2. The first kappa shape index (κ1) is 12.2. The molecule has 3 heterocycles. The molecule has 2 N–H and O–H groups in total. The van der Waals surface area contributed by atoms with Crippen LogP contribution in [0.4, 0.5) is 0 Å². The van der Waals surface area contributed by atoms with E-state index in [9.17, 15) is 0 Å². The molecule has 1 aliphatic rings. The molecule has 104 valence electrons. The van der Waals surface area contributed by atoms with E-state index in [1.54, 1.807) is 0 Å². The normalized spacial score (nSPS) is 15.1. The topological polar surface area (TPSA) is 66.5 Å². The first-order valence-corrected chi connectivity index (χ1v) is 7.07. The fraction of sp³-hybridized carbons (Fsp3) is 0.188. The summed E-state index contributed by atoms with van der Waals surface area (Å²) in [6, 6.07) is 6.28. The second-order valence-corrected chi connectivity index (χ2v) is 5.13. The SMILES string of the molecule is C1=C(c2nncc3c(-c4cn[nH]c4)cccc23)CCNC1. The van der Waals surface area contributed by atoms with Gasteiger partial charge in [-0.25, -0.2) is 0 Å². The number of aromatic nitrogens is 4. The average molecular weight is 277 g/mol. The molecule has 3 aromatic rings. The van der Waals surface area contributed by atoms with Crippen molar-refractivity contribution in [1.82, 2.24) is 25.7 Å². The van der Waals surface area contributed by atoms with Crippen molar-refractivity contribution in [2.45, 2.75) is 6.42 Å². The van der Waals surface area contributed by atoms with E-state index in [4.69, 9.17) is 0 Å². The highest BCUT2D eigenvalue weighted by Gasteiger charge is 2.13. The van der Waals surface area contributed by atoms with Crippen molar-refractivity contribution in [2.24, 2.45) is 0 Å². The number of nitrogens with one attached hydrogen (secondary N) is 2. The van der Waals surface area contributed by atoms with Gasteiger partial charge in [-0.3, -0.25) is 5.10 Å². The van der Waals surface area contributed by atoms with Crippen LogP contribution in [-0.4, -0.2) is 33.5 Å². The van der Waals surface area contributed by atoms with Gasteiger partial charge in [-0.15, -0.1) is 0 Å². The summed E-state index contributed by atoms with van der Waals surface area (Å²) >= 11 is 0. The minimum atomic E-state index is 0.898. The first-order chi connectivity index (χ1) is 10.4. The van der Waals surface area contributed by atoms with Crippen LogP contribution in [-0.2, 0) is 0 Å². The Labute approximate surface area is 122 Å². The zero-order valence-corrected chi connectivity index (χ0v) is 11.5. The van der Waals surface area contributed by atoms with Gasteiger partial charge in [-0.2, -0.15) is 15.3 Å². The van der Waals surface area contributed by atoms with Gasteiger partial charge in [-0.05, 0) is 24.1 Å². The molecule has 0 bridgehead atoms. The number of benzene rings is 1. The van der Waals surface area contributed by atoms with Crippen molar-refractivity contribution >= 4 is 16.3 Å². The Balaban J connectivity index is 1.95. The van der Waals surface area contributed by atoms with E-state index >= 15 is 0 Å². The molecule has 0 fully saturated rings. The molecule has 2 aromatic heterocycles. The van der Waals surface area contributed by atoms with Crippen molar-refractivity contribution in [2.75, 3.05) is 13.1 Å². The summed E-state index contributed by atoms with van der Waals surface area (Å²) in [5.74, 6) is 0. The van der Waals surface area contributed by atoms with E-state index in [2.05, 4.69) is 50.0 Å². The van der Waals surface area contributed by atoms with Crippen molar-refractivity contribution in [3.05, 3.63) is 48.6 Å². The number of hydrogen-bond donors (Lipinski definition) is 2. The predicted molar refractivity (Wildman–Crippen MR) is 82.6 cm³/mol. The molecule has 4 rings (SSSR count). The van der Waals surface area contributed by atoms with Crippen LogP contribution in [0.1, 0.15) is 12.1 Å². The number of hydrogen-bond acceptors (Lipinski definition) is 4. The van der Waals surface area contributed by atoms with Crippen LogP contribution in [0.3, 0.4) is 0 Å². The molecular weight excluding hydrogens is 262 g/mol. The van der Waals surface area contributed by atoms with E-state index < -0.39 is 0 Å². The van der Waals surface area contributed by atoms with E-state index in [-0.39, 0.29) is 0 Å². The lowest BCUT2D eigenvalue weighted by Crippen LogP contribution is -2.20. The molecule has 1 aliphatic heterocycles. The third-order valence-corrected chi connectivity index (χ3v) is 3.88. The van der Waals surface area contributed by atoms with Gasteiger partial charge in [0.25, 0.3) is 0 Å². The molecule has 5 nitrogen and oxygen atoms in total. The van der Waals surface area contributed by atoms with Gasteiger partial charge in [0, 0.05) is 29.1 Å². The van der Waals surface area contributed by atoms with E-state index in [0.29, 0.717) is 0 Å². The lowest BCUT2D eigenvalue weighted by molar-refractivity contribution is 0.736. The maximum atomic E-state index is 4.38. The molecule has 0 saturated heterocycles. The van der Waals surface area contributed by atoms with E-state index in [1.165, 1.54) is 5.57 Å². The maximum Gasteiger partial charge on any atom is 0.0965 e. The van der Waals surface area contributed by atoms with Crippen LogP contribution >= 0.6 is 0 Å². The smallest absolute Gasteiger partial charge is 0.0965 e. The molecule has 0 unspecified atom stereocenters. The van der Waals surface area contributed by atoms with E-state index in [1.807, 2.05) is 18.6 Å². The number of nitrogens with zero attached hydrogens (tertiary/aromatic N) is 3. The Kier molecular flexibility index (Phi) is 2.97. The summed E-state index contributed by atoms with van der Waals surface area (Å²) in [7, 11) is 0. The molecule has 5 heteroatoms. The highest BCUT2D eigenvalue weighted by atomic mass is 15.1. The summed E-state index contributed by atoms with van der Waals surface area (Å²) in [5, 5.41) is 21.1. The Bertz CT molecular complexity index is 805. The Morgan fingerprint density at radius 2 is 2.10 bits per heavy atom. The van der Waals surface area contributed by atoms with Crippen LogP contribution in [0.2, 0.25) is 0 Å². The molecule has 21 heavy (non-hydrogen) atoms. The minimum absolute atomic E-state index is 0.898. The average Bonchev–Trinajstić information content (AvgIpc) is 3.09. The molecule has 1 aromatic carbocycles. The van der Waals surface area contributed by atoms with Crippen LogP contribution in [0.5, 0.6) is 0 Å². The van der Waals surface area contributed by atoms with Gasteiger partial charge < -0.3 is 5.32 Å². The quantitative estimate of drug-likeness (QED) is 0.755. The molecule has 0 saturated carbocycles. The Hall–Kier alpha value is -2.53. The summed E-state index contributed by atoms with van der Waals surface area (Å²) in [6.45, 7) is 1.89. The predicted octanol–water partition coefficient (Wildman–Crippen LogP) is 2.40. The zero-order chi connectivity index (χ0) is 14.1. The highest BCUT2D eigenvalue weighted by Crippen LogP contribution is 2.31. The lowest BCUT2D eigenvalue weighted by atomic mass is 9.97. The number of H-pyrrole nitrogens is 1. The van der Waals surface area contributed by atoms with Gasteiger partial charge in [-0.1, -0.05) is 24.3 Å². The van der Waals surface area contributed by atoms with E-state index in [0.717, 1.165) is 47.1 Å². The fourth-order valence-corrected chi connectivity index (χ4v) is 2.83. The van der Waals surface area contributed by atoms with Crippen molar-refractivity contribution in [3.63, 3.8) is 0 Å². The third-order valence-electron chi connectivity index (χ3n) is 3.88. The van der Waals surface area contributed by atoms with Gasteiger partial charge in [0.1, 0.15) is 0 Å². The van der Waals surface area contributed by atoms with Crippen LogP contribution in [0.15, 0.2) is 42.9 Å². The Morgan fingerprint density at radius 1 is 1.10 bits per heavy atom. The van der Waals surface area contributed by atoms with Gasteiger partial charge in [0.15, 0.2) is 0 Å². The molecule has 0 atom stereocenters. The minimum Gasteiger partial charge on any atom is -0.313 e. The standard InChI is InChI=1S/C16H15N5/c1-2-13(12-8-18-19-9-12)15-10-20-21-16(14(15)3-1)11-4-6-17-7-5-11/h1-4,8-10,17H,5-7H2,(H,18,19).